The number of hydrogen-bond donors (Lipinski definition) is 1. The average molecular weight is 421 g/mol. The molecule has 3 aromatic rings. The molecule has 1 aliphatic heterocycles. The lowest BCUT2D eigenvalue weighted by Gasteiger charge is -2.12. The molecule has 0 radical (unpaired) electrons. The molecule has 1 fully saturated rings. The minimum Gasteiger partial charge on any atom is -0.507 e. The van der Waals surface area contributed by atoms with Crippen LogP contribution in [0.25, 0.3) is 6.08 Å². The quantitative estimate of drug-likeness (QED) is 0.370. The number of benzene rings is 2. The van der Waals surface area contributed by atoms with Gasteiger partial charge >= 0.3 is 0 Å². The van der Waals surface area contributed by atoms with Crippen molar-refractivity contribution < 1.29 is 18.7 Å². The van der Waals surface area contributed by atoms with Crippen LogP contribution in [0.1, 0.15) is 16.9 Å². The Bertz CT molecular complexity index is 1160. The molecular formula is C22H16FN3O3S. The molecule has 1 saturated heterocycles. The predicted molar refractivity (Wildman–Crippen MR) is 114 cm³/mol. The van der Waals surface area contributed by atoms with Gasteiger partial charge in [0.05, 0.1) is 23.9 Å². The maximum Gasteiger partial charge on any atom is 0.267 e. The standard InChI is InChI=1S/C22H16FN3O3S/c23-18-9-3-1-6-15(18)12-20-21(28)26(14-17-8-5-11-29-17)22(30-20)25-24-13-16-7-2-4-10-19(16)27/h1-13,27H,14H2/b20-12-,24-13-,25-22+. The van der Waals surface area contributed by atoms with Crippen LogP contribution in [-0.2, 0) is 11.3 Å². The fourth-order valence-corrected chi connectivity index (χ4v) is 3.68. The predicted octanol–water partition coefficient (Wildman–Crippen LogP) is 4.63. The Morgan fingerprint density at radius 3 is 2.57 bits per heavy atom. The first-order valence-corrected chi connectivity index (χ1v) is 9.81. The molecule has 0 bridgehead atoms. The van der Waals surface area contributed by atoms with Gasteiger partial charge in [-0.15, -0.1) is 5.10 Å². The van der Waals surface area contributed by atoms with Gasteiger partial charge in [-0.1, -0.05) is 30.3 Å². The van der Waals surface area contributed by atoms with Crippen molar-refractivity contribution in [3.8, 4) is 5.75 Å². The third-order valence-electron chi connectivity index (χ3n) is 4.25. The number of nitrogens with zero attached hydrogens (tertiary/aromatic N) is 3. The Balaban J connectivity index is 1.65. The number of aromatic hydroxyl groups is 1. The molecule has 4 rings (SSSR count). The molecule has 2 aromatic carbocycles. The summed E-state index contributed by atoms with van der Waals surface area (Å²) in [5, 5.41) is 18.3. The highest BCUT2D eigenvalue weighted by Crippen LogP contribution is 2.34. The number of amidine groups is 1. The second-order valence-corrected chi connectivity index (χ2v) is 7.30. The van der Waals surface area contributed by atoms with Gasteiger partial charge in [0.1, 0.15) is 17.3 Å². The lowest BCUT2D eigenvalue weighted by molar-refractivity contribution is -0.122. The second-order valence-electron chi connectivity index (χ2n) is 6.29. The topological polar surface area (TPSA) is 78.4 Å². The number of carbonyl (C=O) groups excluding carboxylic acids is 1. The van der Waals surface area contributed by atoms with Crippen LogP contribution in [0.15, 0.2) is 86.5 Å². The summed E-state index contributed by atoms with van der Waals surface area (Å²) >= 11 is 1.09. The molecule has 0 atom stereocenters. The molecule has 0 unspecified atom stereocenters. The third-order valence-corrected chi connectivity index (χ3v) is 5.25. The summed E-state index contributed by atoms with van der Waals surface area (Å²) < 4.78 is 19.4. The average Bonchev–Trinajstić information content (AvgIpc) is 3.35. The summed E-state index contributed by atoms with van der Waals surface area (Å²) in [5.74, 6) is -0.0900. The van der Waals surface area contributed by atoms with E-state index in [-0.39, 0.29) is 18.2 Å². The van der Waals surface area contributed by atoms with E-state index in [0.29, 0.717) is 27.0 Å². The SMILES string of the molecule is O=C1/C(=C/c2ccccc2F)S/C(=N/N=C\c2ccccc2O)N1Cc1ccco1. The molecule has 30 heavy (non-hydrogen) atoms. The second kappa shape index (κ2) is 8.79. The maximum atomic E-state index is 14.0. The van der Waals surface area contributed by atoms with Crippen LogP contribution in [0.3, 0.4) is 0 Å². The van der Waals surface area contributed by atoms with Crippen molar-refractivity contribution in [1.82, 2.24) is 4.90 Å². The Kier molecular flexibility index (Phi) is 5.76. The summed E-state index contributed by atoms with van der Waals surface area (Å²) in [6.07, 6.45) is 4.41. The highest BCUT2D eigenvalue weighted by molar-refractivity contribution is 8.18. The van der Waals surface area contributed by atoms with Gasteiger partial charge in [-0.3, -0.25) is 9.69 Å². The number of phenols is 1. The summed E-state index contributed by atoms with van der Waals surface area (Å²) in [5.41, 5.74) is 0.807. The number of para-hydroxylation sites is 1. The van der Waals surface area contributed by atoms with E-state index in [1.165, 1.54) is 29.5 Å². The first-order chi connectivity index (χ1) is 14.6. The molecule has 150 valence electrons. The minimum atomic E-state index is -0.418. The smallest absolute Gasteiger partial charge is 0.267 e. The van der Waals surface area contributed by atoms with Crippen molar-refractivity contribution in [3.63, 3.8) is 0 Å². The number of carbonyl (C=O) groups is 1. The zero-order valence-corrected chi connectivity index (χ0v) is 16.4. The van der Waals surface area contributed by atoms with E-state index in [2.05, 4.69) is 10.2 Å². The van der Waals surface area contributed by atoms with Crippen LogP contribution in [0.4, 0.5) is 4.39 Å². The van der Waals surface area contributed by atoms with Crippen LogP contribution < -0.4 is 0 Å². The lowest BCUT2D eigenvalue weighted by Crippen LogP contribution is -2.28. The number of phenolic OH excluding ortho intramolecular Hbond substituents is 1. The molecule has 0 saturated carbocycles. The molecule has 1 aromatic heterocycles. The van der Waals surface area contributed by atoms with Crippen LogP contribution in [0.5, 0.6) is 5.75 Å². The summed E-state index contributed by atoms with van der Waals surface area (Å²) in [6.45, 7) is 0.165. The van der Waals surface area contributed by atoms with Crippen LogP contribution in [-0.4, -0.2) is 27.3 Å². The van der Waals surface area contributed by atoms with Crippen molar-refractivity contribution >= 4 is 35.1 Å². The number of halogens is 1. The molecule has 2 heterocycles. The Labute approximate surface area is 176 Å². The van der Waals surface area contributed by atoms with Gasteiger partial charge in [-0.2, -0.15) is 5.10 Å². The van der Waals surface area contributed by atoms with E-state index in [1.54, 1.807) is 54.6 Å². The monoisotopic (exact) mass is 421 g/mol. The molecule has 1 amide bonds. The molecule has 1 N–H and O–H groups in total. The highest BCUT2D eigenvalue weighted by atomic mass is 32.2. The number of amides is 1. The summed E-state index contributed by atoms with van der Waals surface area (Å²) in [7, 11) is 0. The van der Waals surface area contributed by atoms with Gasteiger partial charge in [-0.05, 0) is 48.2 Å². The number of rotatable bonds is 5. The molecule has 8 heteroatoms. The molecule has 1 aliphatic rings. The molecular weight excluding hydrogens is 405 g/mol. The van der Waals surface area contributed by atoms with Gasteiger partial charge in [0.15, 0.2) is 5.17 Å². The van der Waals surface area contributed by atoms with E-state index < -0.39 is 5.82 Å². The normalized spacial score (nSPS) is 17.0. The van der Waals surface area contributed by atoms with E-state index in [4.69, 9.17) is 4.42 Å². The third kappa shape index (κ3) is 4.33. The van der Waals surface area contributed by atoms with Crippen molar-refractivity contribution in [2.45, 2.75) is 6.54 Å². The first-order valence-electron chi connectivity index (χ1n) is 8.99. The Morgan fingerprint density at radius 2 is 1.83 bits per heavy atom. The van der Waals surface area contributed by atoms with Crippen molar-refractivity contribution in [2.75, 3.05) is 0 Å². The largest absolute Gasteiger partial charge is 0.507 e. The van der Waals surface area contributed by atoms with E-state index >= 15 is 0 Å². The minimum absolute atomic E-state index is 0.0733. The van der Waals surface area contributed by atoms with Crippen LogP contribution >= 0.6 is 11.8 Å². The number of thioether (sulfide) groups is 1. The maximum absolute atomic E-state index is 14.0. The van der Waals surface area contributed by atoms with Gasteiger partial charge < -0.3 is 9.52 Å². The van der Waals surface area contributed by atoms with Gasteiger partial charge in [0.25, 0.3) is 5.91 Å². The van der Waals surface area contributed by atoms with Gasteiger partial charge in [0.2, 0.25) is 0 Å². The first kappa shape index (κ1) is 19.7. The molecule has 6 nitrogen and oxygen atoms in total. The summed E-state index contributed by atoms with van der Waals surface area (Å²) in [6, 6.07) is 16.4. The number of hydrogen-bond acceptors (Lipinski definition) is 6. The van der Waals surface area contributed by atoms with Gasteiger partial charge in [0, 0.05) is 11.1 Å². The Morgan fingerprint density at radius 1 is 1.07 bits per heavy atom. The fourth-order valence-electron chi connectivity index (χ4n) is 2.75. The van der Waals surface area contributed by atoms with Crippen molar-refractivity contribution in [1.29, 1.82) is 0 Å². The van der Waals surface area contributed by atoms with E-state index in [1.807, 2.05) is 0 Å². The van der Waals surface area contributed by atoms with Crippen molar-refractivity contribution in [3.05, 3.63) is 94.5 Å². The summed E-state index contributed by atoms with van der Waals surface area (Å²) in [4.78, 5) is 14.7. The number of furan rings is 1. The van der Waals surface area contributed by atoms with Crippen LogP contribution in [0, 0.1) is 5.82 Å². The van der Waals surface area contributed by atoms with E-state index in [0.717, 1.165) is 11.8 Å². The van der Waals surface area contributed by atoms with Crippen LogP contribution in [0.2, 0.25) is 0 Å². The zero-order chi connectivity index (χ0) is 20.9. The lowest BCUT2D eigenvalue weighted by atomic mass is 10.2. The zero-order valence-electron chi connectivity index (χ0n) is 15.6. The highest BCUT2D eigenvalue weighted by Gasteiger charge is 2.34. The van der Waals surface area contributed by atoms with Crippen molar-refractivity contribution in [2.24, 2.45) is 10.2 Å². The van der Waals surface area contributed by atoms with Gasteiger partial charge in [-0.25, -0.2) is 4.39 Å². The molecule has 0 spiro atoms. The Hall–Kier alpha value is -3.65. The van der Waals surface area contributed by atoms with E-state index in [9.17, 15) is 14.3 Å². The fraction of sp³-hybridized carbons (Fsp3) is 0.0455. The molecule has 0 aliphatic carbocycles.